The zero-order valence-electron chi connectivity index (χ0n) is 34.7. The van der Waals surface area contributed by atoms with Crippen LogP contribution in [0.25, 0.3) is 60.9 Å². The standard InChI is InChI=1S/C60H43N3/c1-5-16-49(17-6-1)61(50-18-7-2-8-19-50)53-38-32-46(33-39-53)44-28-30-45(31-29-44)47-34-40-55(41-35-47)63-58-26-14-13-24-57(58)60-56(25-15-27-59(60)63)48-36-42-54(43-37-48)62(51-20-9-3-10-21-51)52-22-11-4-12-23-52/h1-43H. The number of hydrogen-bond acceptors (Lipinski definition) is 2. The molecular formula is C60H43N3. The molecule has 11 rings (SSSR count). The first-order chi connectivity index (χ1) is 31.3. The van der Waals surface area contributed by atoms with Gasteiger partial charge in [0.05, 0.1) is 11.0 Å². The van der Waals surface area contributed by atoms with Crippen molar-refractivity contribution < 1.29 is 0 Å². The lowest BCUT2D eigenvalue weighted by atomic mass is 9.99. The summed E-state index contributed by atoms with van der Waals surface area (Å²) in [6, 6.07) is 93.4. The molecule has 0 aliphatic rings. The molecule has 3 heteroatoms. The van der Waals surface area contributed by atoms with E-state index >= 15 is 0 Å². The molecule has 10 aromatic carbocycles. The number of anilines is 6. The molecular weight excluding hydrogens is 763 g/mol. The van der Waals surface area contributed by atoms with Crippen LogP contribution in [0.15, 0.2) is 261 Å². The summed E-state index contributed by atoms with van der Waals surface area (Å²) in [6.07, 6.45) is 0. The summed E-state index contributed by atoms with van der Waals surface area (Å²) in [5.74, 6) is 0. The van der Waals surface area contributed by atoms with E-state index in [4.69, 9.17) is 0 Å². The number of nitrogens with zero attached hydrogens (tertiary/aromatic N) is 3. The fourth-order valence-corrected chi connectivity index (χ4v) is 8.99. The van der Waals surface area contributed by atoms with Gasteiger partial charge < -0.3 is 14.4 Å². The van der Waals surface area contributed by atoms with E-state index in [1.54, 1.807) is 0 Å². The molecule has 63 heavy (non-hydrogen) atoms. The number of rotatable bonds is 10. The fourth-order valence-electron chi connectivity index (χ4n) is 8.99. The Hall–Kier alpha value is -8.40. The zero-order valence-corrected chi connectivity index (χ0v) is 34.7. The normalized spacial score (nSPS) is 11.2. The predicted molar refractivity (Wildman–Crippen MR) is 266 cm³/mol. The summed E-state index contributed by atoms with van der Waals surface area (Å²) in [5.41, 5.74) is 17.4. The Kier molecular flexibility index (Phi) is 9.89. The van der Waals surface area contributed by atoms with E-state index < -0.39 is 0 Å². The summed E-state index contributed by atoms with van der Waals surface area (Å²) in [6.45, 7) is 0. The van der Waals surface area contributed by atoms with E-state index in [1.165, 1.54) is 55.2 Å². The van der Waals surface area contributed by atoms with E-state index in [9.17, 15) is 0 Å². The van der Waals surface area contributed by atoms with Crippen molar-refractivity contribution in [1.82, 2.24) is 4.57 Å². The molecule has 0 fully saturated rings. The van der Waals surface area contributed by atoms with Crippen molar-refractivity contribution in [2.45, 2.75) is 0 Å². The van der Waals surface area contributed by atoms with Crippen LogP contribution in [0.4, 0.5) is 34.1 Å². The first kappa shape index (κ1) is 37.6. The van der Waals surface area contributed by atoms with E-state index in [0.717, 1.165) is 39.8 Å². The maximum Gasteiger partial charge on any atom is 0.0547 e. The number of fused-ring (bicyclic) bond motifs is 3. The van der Waals surface area contributed by atoms with Gasteiger partial charge in [-0.25, -0.2) is 0 Å². The van der Waals surface area contributed by atoms with Crippen molar-refractivity contribution in [2.24, 2.45) is 0 Å². The maximum atomic E-state index is 2.41. The lowest BCUT2D eigenvalue weighted by Crippen LogP contribution is -2.09. The molecule has 0 spiro atoms. The van der Waals surface area contributed by atoms with E-state index in [2.05, 4.69) is 275 Å². The molecule has 0 aliphatic carbocycles. The smallest absolute Gasteiger partial charge is 0.0547 e. The van der Waals surface area contributed by atoms with Gasteiger partial charge in [0, 0.05) is 50.6 Å². The minimum absolute atomic E-state index is 1.12. The Morgan fingerprint density at radius 1 is 0.238 bits per heavy atom. The Morgan fingerprint density at radius 2 is 0.571 bits per heavy atom. The van der Waals surface area contributed by atoms with Crippen LogP contribution in [0.2, 0.25) is 0 Å². The Morgan fingerprint density at radius 3 is 1.02 bits per heavy atom. The first-order valence-corrected chi connectivity index (χ1v) is 21.5. The second-order valence-corrected chi connectivity index (χ2v) is 15.8. The molecule has 0 radical (unpaired) electrons. The first-order valence-electron chi connectivity index (χ1n) is 21.5. The van der Waals surface area contributed by atoms with Crippen LogP contribution in [0.3, 0.4) is 0 Å². The van der Waals surface area contributed by atoms with Gasteiger partial charge in [-0.3, -0.25) is 0 Å². The largest absolute Gasteiger partial charge is 0.311 e. The Bertz CT molecular complexity index is 3190. The minimum atomic E-state index is 1.12. The molecule has 0 atom stereocenters. The van der Waals surface area contributed by atoms with Gasteiger partial charge in [-0.2, -0.15) is 0 Å². The lowest BCUT2D eigenvalue weighted by Gasteiger charge is -2.25. The third-order valence-corrected chi connectivity index (χ3v) is 12.0. The van der Waals surface area contributed by atoms with Gasteiger partial charge in [0.2, 0.25) is 0 Å². The van der Waals surface area contributed by atoms with E-state index in [-0.39, 0.29) is 0 Å². The molecule has 0 saturated carbocycles. The maximum absolute atomic E-state index is 2.41. The van der Waals surface area contributed by atoms with Crippen molar-refractivity contribution in [3.63, 3.8) is 0 Å². The highest BCUT2D eigenvalue weighted by Gasteiger charge is 2.18. The molecule has 1 heterocycles. The van der Waals surface area contributed by atoms with Crippen molar-refractivity contribution in [1.29, 1.82) is 0 Å². The quantitative estimate of drug-likeness (QED) is 0.136. The van der Waals surface area contributed by atoms with Gasteiger partial charge in [-0.15, -0.1) is 0 Å². The number of para-hydroxylation sites is 5. The van der Waals surface area contributed by atoms with Gasteiger partial charge in [0.15, 0.2) is 0 Å². The summed E-state index contributed by atoms with van der Waals surface area (Å²) < 4.78 is 2.41. The van der Waals surface area contributed by atoms with Crippen LogP contribution in [0.1, 0.15) is 0 Å². The summed E-state index contributed by atoms with van der Waals surface area (Å²) in [5, 5.41) is 2.49. The van der Waals surface area contributed by atoms with Crippen LogP contribution in [-0.2, 0) is 0 Å². The molecule has 0 aliphatic heterocycles. The highest BCUT2D eigenvalue weighted by Crippen LogP contribution is 2.41. The average Bonchev–Trinajstić information content (AvgIpc) is 3.71. The van der Waals surface area contributed by atoms with Crippen molar-refractivity contribution in [2.75, 3.05) is 9.80 Å². The monoisotopic (exact) mass is 805 g/mol. The van der Waals surface area contributed by atoms with Crippen molar-refractivity contribution in [3.05, 3.63) is 261 Å². The zero-order chi connectivity index (χ0) is 42.0. The lowest BCUT2D eigenvalue weighted by molar-refractivity contribution is 1.18. The minimum Gasteiger partial charge on any atom is -0.311 e. The van der Waals surface area contributed by atoms with Crippen molar-refractivity contribution >= 4 is 55.9 Å². The number of benzene rings is 10. The predicted octanol–water partition coefficient (Wildman–Crippen LogP) is 16.7. The third kappa shape index (κ3) is 7.22. The van der Waals surface area contributed by atoms with E-state index in [1.807, 2.05) is 0 Å². The van der Waals surface area contributed by atoms with Gasteiger partial charge in [-0.1, -0.05) is 164 Å². The summed E-state index contributed by atoms with van der Waals surface area (Å²) in [7, 11) is 0. The van der Waals surface area contributed by atoms with Gasteiger partial charge in [0.1, 0.15) is 0 Å². The molecule has 0 saturated heterocycles. The van der Waals surface area contributed by atoms with Crippen LogP contribution >= 0.6 is 0 Å². The molecule has 0 N–H and O–H groups in total. The van der Waals surface area contributed by atoms with Gasteiger partial charge in [0.25, 0.3) is 0 Å². The molecule has 0 unspecified atom stereocenters. The number of hydrogen-bond donors (Lipinski definition) is 0. The molecule has 11 aromatic rings. The van der Waals surface area contributed by atoms with Crippen LogP contribution in [0, 0.1) is 0 Å². The SMILES string of the molecule is c1ccc(N(c2ccccc2)c2ccc(-c3ccc(-c4ccc(-n5c6ccccc6c6c(-c7ccc(N(c8ccccc8)c8ccccc8)cc7)cccc65)cc4)cc3)cc2)cc1. The molecule has 0 bridgehead atoms. The fraction of sp³-hybridized carbons (Fsp3) is 0. The van der Waals surface area contributed by atoms with E-state index in [0.29, 0.717) is 0 Å². The highest BCUT2D eigenvalue weighted by atomic mass is 15.1. The summed E-state index contributed by atoms with van der Waals surface area (Å²) in [4.78, 5) is 4.60. The third-order valence-electron chi connectivity index (χ3n) is 12.0. The summed E-state index contributed by atoms with van der Waals surface area (Å²) >= 11 is 0. The topological polar surface area (TPSA) is 11.4 Å². The number of aromatic nitrogens is 1. The molecule has 3 nitrogen and oxygen atoms in total. The van der Waals surface area contributed by atoms with Crippen LogP contribution < -0.4 is 9.80 Å². The Labute approximate surface area is 368 Å². The Balaban J connectivity index is 0.878. The van der Waals surface area contributed by atoms with Crippen molar-refractivity contribution in [3.8, 4) is 39.1 Å². The molecule has 1 aromatic heterocycles. The molecule has 0 amide bonds. The highest BCUT2D eigenvalue weighted by molar-refractivity contribution is 6.15. The average molecular weight is 806 g/mol. The van der Waals surface area contributed by atoms with Gasteiger partial charge >= 0.3 is 0 Å². The second-order valence-electron chi connectivity index (χ2n) is 15.8. The van der Waals surface area contributed by atoms with Crippen LogP contribution in [0.5, 0.6) is 0 Å². The second kappa shape index (κ2) is 16.6. The molecule has 298 valence electrons. The van der Waals surface area contributed by atoms with Crippen LogP contribution in [-0.4, -0.2) is 4.57 Å². The van der Waals surface area contributed by atoms with Gasteiger partial charge in [-0.05, 0) is 130 Å².